The summed E-state index contributed by atoms with van der Waals surface area (Å²) in [6.07, 6.45) is 0. The fraction of sp³-hybridized carbons (Fsp3) is 0.480. The summed E-state index contributed by atoms with van der Waals surface area (Å²) in [5.74, 6) is 0.246. The van der Waals surface area contributed by atoms with E-state index in [2.05, 4.69) is 19.2 Å². The van der Waals surface area contributed by atoms with Gasteiger partial charge in [-0.05, 0) is 55.9 Å². The van der Waals surface area contributed by atoms with Gasteiger partial charge in [-0.25, -0.2) is 8.42 Å². The zero-order valence-corrected chi connectivity index (χ0v) is 20.8. The van der Waals surface area contributed by atoms with Gasteiger partial charge in [0.25, 0.3) is 0 Å². The van der Waals surface area contributed by atoms with Crippen molar-refractivity contribution in [3.8, 4) is 0 Å². The van der Waals surface area contributed by atoms with Gasteiger partial charge in [0.15, 0.2) is 0 Å². The average molecular weight is 458 g/mol. The maximum atomic E-state index is 13.3. The predicted molar refractivity (Wildman–Crippen MR) is 130 cm³/mol. The summed E-state index contributed by atoms with van der Waals surface area (Å²) in [6, 6.07) is 9.89. The molecule has 0 atom stereocenters. The molecule has 1 heterocycles. The summed E-state index contributed by atoms with van der Waals surface area (Å²) in [6.45, 7) is 14.0. The molecule has 1 amide bonds. The first-order valence-corrected chi connectivity index (χ1v) is 12.6. The van der Waals surface area contributed by atoms with E-state index < -0.39 is 10.0 Å². The van der Waals surface area contributed by atoms with E-state index in [1.165, 1.54) is 0 Å². The molecule has 0 bridgehead atoms. The topological polar surface area (TPSA) is 69.7 Å². The highest BCUT2D eigenvalue weighted by Crippen LogP contribution is 2.28. The van der Waals surface area contributed by atoms with Gasteiger partial charge in [0, 0.05) is 31.9 Å². The van der Waals surface area contributed by atoms with Crippen LogP contribution in [0.25, 0.3) is 0 Å². The minimum Gasteiger partial charge on any atom is -0.324 e. The lowest BCUT2D eigenvalue weighted by atomic mass is 9.98. The molecule has 1 saturated heterocycles. The van der Waals surface area contributed by atoms with Crippen LogP contribution in [0, 0.1) is 27.7 Å². The number of nitrogens with one attached hydrogen (secondary N) is 1. The van der Waals surface area contributed by atoms with Crippen LogP contribution in [-0.4, -0.2) is 56.3 Å². The number of carbonyl (C=O) groups is 1. The first kappa shape index (κ1) is 24.4. The van der Waals surface area contributed by atoms with Gasteiger partial charge in [-0.15, -0.1) is 0 Å². The van der Waals surface area contributed by atoms with Crippen LogP contribution in [0.4, 0.5) is 5.69 Å². The molecule has 3 rings (SSSR count). The standard InChI is InChI=1S/C25H35N3O3S/c1-17(2)22-9-7-8-19(4)24(22)26-23(29)16-27-10-12-28(13-11-27)32(30,31)25-20(5)14-18(3)15-21(25)6/h7-9,14-15,17H,10-13,16H2,1-6H3,(H,26,29). The molecule has 0 spiro atoms. The molecule has 0 aliphatic carbocycles. The third-order valence-corrected chi connectivity index (χ3v) is 8.30. The number of hydrogen-bond acceptors (Lipinski definition) is 4. The zero-order valence-electron chi connectivity index (χ0n) is 20.0. The number of benzene rings is 2. The molecular weight excluding hydrogens is 422 g/mol. The maximum absolute atomic E-state index is 13.3. The van der Waals surface area contributed by atoms with Crippen LogP contribution in [0.5, 0.6) is 0 Å². The van der Waals surface area contributed by atoms with Gasteiger partial charge >= 0.3 is 0 Å². The van der Waals surface area contributed by atoms with Crippen LogP contribution in [0.1, 0.15) is 47.6 Å². The van der Waals surface area contributed by atoms with Crippen molar-refractivity contribution in [3.05, 3.63) is 58.1 Å². The van der Waals surface area contributed by atoms with Crippen molar-refractivity contribution in [3.63, 3.8) is 0 Å². The monoisotopic (exact) mass is 457 g/mol. The Kier molecular flexibility index (Phi) is 7.43. The SMILES string of the molecule is Cc1cc(C)c(S(=O)(=O)N2CCN(CC(=O)Nc3c(C)cccc3C(C)C)CC2)c(C)c1. The number of amides is 1. The summed E-state index contributed by atoms with van der Waals surface area (Å²) >= 11 is 0. The number of para-hydroxylation sites is 1. The first-order chi connectivity index (χ1) is 15.0. The lowest BCUT2D eigenvalue weighted by molar-refractivity contribution is -0.117. The third kappa shape index (κ3) is 5.22. The Balaban J connectivity index is 1.64. The zero-order chi connectivity index (χ0) is 23.6. The van der Waals surface area contributed by atoms with Gasteiger partial charge < -0.3 is 5.32 Å². The fourth-order valence-electron chi connectivity index (χ4n) is 4.56. The Hall–Kier alpha value is -2.22. The number of hydrogen-bond donors (Lipinski definition) is 1. The minimum atomic E-state index is -3.56. The summed E-state index contributed by atoms with van der Waals surface area (Å²) in [7, 11) is -3.56. The summed E-state index contributed by atoms with van der Waals surface area (Å²) in [5, 5.41) is 3.08. The number of carbonyl (C=O) groups excluding carboxylic acids is 1. The molecule has 1 aliphatic heterocycles. The first-order valence-electron chi connectivity index (χ1n) is 11.2. The van der Waals surface area contributed by atoms with Crippen molar-refractivity contribution < 1.29 is 13.2 Å². The maximum Gasteiger partial charge on any atom is 0.243 e. The van der Waals surface area contributed by atoms with Gasteiger partial charge in [0.2, 0.25) is 15.9 Å². The highest BCUT2D eigenvalue weighted by Gasteiger charge is 2.31. The number of anilines is 1. The second-order valence-electron chi connectivity index (χ2n) is 9.15. The lowest BCUT2D eigenvalue weighted by Crippen LogP contribution is -2.50. The second-order valence-corrected chi connectivity index (χ2v) is 11.0. The molecule has 1 N–H and O–H groups in total. The van der Waals surface area contributed by atoms with E-state index in [9.17, 15) is 13.2 Å². The van der Waals surface area contributed by atoms with Gasteiger partial charge in [0.1, 0.15) is 0 Å². The van der Waals surface area contributed by atoms with E-state index in [-0.39, 0.29) is 12.5 Å². The van der Waals surface area contributed by atoms with Crippen molar-refractivity contribution in [2.75, 3.05) is 38.0 Å². The minimum absolute atomic E-state index is 0.0669. The van der Waals surface area contributed by atoms with Crippen molar-refractivity contribution in [2.24, 2.45) is 0 Å². The van der Waals surface area contributed by atoms with E-state index in [0.29, 0.717) is 37.0 Å². The Morgan fingerprint density at radius 1 is 0.969 bits per heavy atom. The molecular formula is C25H35N3O3S. The van der Waals surface area contributed by atoms with Crippen LogP contribution >= 0.6 is 0 Å². The smallest absolute Gasteiger partial charge is 0.243 e. The van der Waals surface area contributed by atoms with E-state index >= 15 is 0 Å². The Morgan fingerprint density at radius 2 is 1.56 bits per heavy atom. The van der Waals surface area contributed by atoms with Crippen molar-refractivity contribution in [2.45, 2.75) is 52.4 Å². The molecule has 2 aromatic carbocycles. The third-order valence-electron chi connectivity index (χ3n) is 6.09. The molecule has 2 aromatic rings. The number of sulfonamides is 1. The molecule has 32 heavy (non-hydrogen) atoms. The van der Waals surface area contributed by atoms with E-state index in [0.717, 1.165) is 33.5 Å². The average Bonchev–Trinajstić information content (AvgIpc) is 2.68. The molecule has 1 fully saturated rings. The van der Waals surface area contributed by atoms with E-state index in [1.54, 1.807) is 4.31 Å². The Bertz CT molecular complexity index is 1080. The van der Waals surface area contributed by atoms with Crippen molar-refractivity contribution in [1.29, 1.82) is 0 Å². The quantitative estimate of drug-likeness (QED) is 0.712. The number of rotatable bonds is 6. The number of piperazine rings is 1. The molecule has 0 saturated carbocycles. The summed E-state index contributed by atoms with van der Waals surface area (Å²) in [5.41, 5.74) is 5.68. The van der Waals surface area contributed by atoms with Crippen LogP contribution in [0.2, 0.25) is 0 Å². The molecule has 0 unspecified atom stereocenters. The Labute approximate surface area is 192 Å². The normalized spacial score (nSPS) is 15.8. The highest BCUT2D eigenvalue weighted by atomic mass is 32.2. The van der Waals surface area contributed by atoms with Crippen molar-refractivity contribution in [1.82, 2.24) is 9.21 Å². The molecule has 7 heteroatoms. The Morgan fingerprint density at radius 3 is 2.12 bits per heavy atom. The fourth-order valence-corrected chi connectivity index (χ4v) is 6.39. The van der Waals surface area contributed by atoms with Gasteiger partial charge in [-0.2, -0.15) is 4.31 Å². The molecule has 1 aliphatic rings. The molecule has 6 nitrogen and oxygen atoms in total. The van der Waals surface area contributed by atoms with Crippen LogP contribution in [-0.2, 0) is 14.8 Å². The summed E-state index contributed by atoms with van der Waals surface area (Å²) in [4.78, 5) is 15.2. The molecule has 174 valence electrons. The van der Waals surface area contributed by atoms with Crippen LogP contribution < -0.4 is 5.32 Å². The second kappa shape index (κ2) is 9.73. The number of aryl methyl sites for hydroxylation is 4. The summed E-state index contributed by atoms with van der Waals surface area (Å²) < 4.78 is 28.1. The van der Waals surface area contributed by atoms with Gasteiger partial charge in [-0.3, -0.25) is 9.69 Å². The molecule has 0 radical (unpaired) electrons. The van der Waals surface area contributed by atoms with Gasteiger partial charge in [0.05, 0.1) is 11.4 Å². The van der Waals surface area contributed by atoms with Gasteiger partial charge in [-0.1, -0.05) is 49.7 Å². The van der Waals surface area contributed by atoms with Crippen LogP contribution in [0.15, 0.2) is 35.2 Å². The van der Waals surface area contributed by atoms with E-state index in [4.69, 9.17) is 0 Å². The lowest BCUT2D eigenvalue weighted by Gasteiger charge is -2.34. The highest BCUT2D eigenvalue weighted by molar-refractivity contribution is 7.89. The predicted octanol–water partition coefficient (Wildman–Crippen LogP) is 3.99. The van der Waals surface area contributed by atoms with Crippen molar-refractivity contribution >= 4 is 21.6 Å². The molecule has 0 aromatic heterocycles. The largest absolute Gasteiger partial charge is 0.324 e. The number of nitrogens with zero attached hydrogens (tertiary/aromatic N) is 2. The van der Waals surface area contributed by atoms with Crippen LogP contribution in [0.3, 0.4) is 0 Å². The van der Waals surface area contributed by atoms with E-state index in [1.807, 2.05) is 62.9 Å².